The molecule has 1 saturated heterocycles. The Balaban J connectivity index is 1.18. The molecule has 17 heteroatoms. The quantitative estimate of drug-likeness (QED) is 0.0437. The molecule has 6 atom stereocenters. The van der Waals surface area contributed by atoms with Crippen LogP contribution in [0, 0.1) is 22.7 Å². The van der Waals surface area contributed by atoms with Gasteiger partial charge in [-0.15, -0.1) is 0 Å². The summed E-state index contributed by atoms with van der Waals surface area (Å²) in [6.07, 6.45) is 15.8. The zero-order valence-electron chi connectivity index (χ0n) is 33.1. The summed E-state index contributed by atoms with van der Waals surface area (Å²) in [5.41, 5.74) is 4.92. The summed E-state index contributed by atoms with van der Waals surface area (Å²) in [5, 5.41) is 45.2. The normalized spacial score (nSPS) is 21.0. The van der Waals surface area contributed by atoms with Gasteiger partial charge >= 0.3 is 7.82 Å². The van der Waals surface area contributed by atoms with Crippen LogP contribution in [0.1, 0.15) is 127 Å². The minimum absolute atomic E-state index is 0.0102. The van der Waals surface area contributed by atoms with Gasteiger partial charge in [0.05, 0.1) is 37.8 Å². The van der Waals surface area contributed by atoms with Gasteiger partial charge in [-0.1, -0.05) is 109 Å². The fraction of sp³-hybridized carbons (Fsp3) is 0.675. The van der Waals surface area contributed by atoms with E-state index in [2.05, 4.69) is 22.0 Å². The average molecular weight is 814 g/mol. The van der Waals surface area contributed by atoms with Crippen LogP contribution in [0.25, 0.3) is 5.52 Å². The van der Waals surface area contributed by atoms with Crippen molar-refractivity contribution < 1.29 is 42.9 Å². The molecule has 4 rings (SSSR count). The van der Waals surface area contributed by atoms with Crippen molar-refractivity contribution >= 4 is 19.2 Å². The molecule has 0 bridgehead atoms. The Morgan fingerprint density at radius 3 is 2.21 bits per heavy atom. The predicted octanol–water partition coefficient (Wildman–Crippen LogP) is 6.41. The molecule has 314 valence electrons. The number of hydrogen-bond donors (Lipinski definition) is 4. The topological polar surface area (TPSA) is 241 Å². The molecule has 0 aromatic carbocycles. The predicted molar refractivity (Wildman–Crippen MR) is 211 cm³/mol. The number of fused-ring (bicyclic) bond motifs is 1. The summed E-state index contributed by atoms with van der Waals surface area (Å²) in [7, 11) is -4.78. The molecule has 3 aromatic rings. The van der Waals surface area contributed by atoms with Crippen molar-refractivity contribution in [3.63, 3.8) is 0 Å². The van der Waals surface area contributed by atoms with Gasteiger partial charge in [0, 0.05) is 6.61 Å². The SMILES string of the molecule is CCCCCCCCCCCCCCCCCCOC[C@H](COP(=O)(O)OC[C@H]1O[C@@](C#N)(c2ccc3c(N)ncnn23)[C@H](O)[C@@H]1O)OCc1cccc(C#N)n1. The second-order valence-electron chi connectivity index (χ2n) is 14.6. The van der Waals surface area contributed by atoms with Crippen molar-refractivity contribution in [3.8, 4) is 12.1 Å². The van der Waals surface area contributed by atoms with Gasteiger partial charge in [-0.05, 0) is 30.7 Å². The molecule has 3 aromatic heterocycles. The average Bonchev–Trinajstić information content (AvgIpc) is 3.76. The fourth-order valence-electron chi connectivity index (χ4n) is 6.87. The number of phosphoric acid groups is 1. The Morgan fingerprint density at radius 1 is 0.930 bits per heavy atom. The van der Waals surface area contributed by atoms with Gasteiger partial charge in [0.1, 0.15) is 54.1 Å². The third kappa shape index (κ3) is 14.4. The Morgan fingerprint density at radius 2 is 1.58 bits per heavy atom. The highest BCUT2D eigenvalue weighted by Crippen LogP contribution is 2.46. The van der Waals surface area contributed by atoms with Crippen molar-refractivity contribution in [1.82, 2.24) is 19.6 Å². The van der Waals surface area contributed by atoms with E-state index in [0.717, 1.165) is 25.6 Å². The number of aliphatic hydroxyl groups is 2. The largest absolute Gasteiger partial charge is 0.472 e. The van der Waals surface area contributed by atoms with E-state index in [1.165, 1.54) is 100 Å². The smallest absolute Gasteiger partial charge is 0.387 e. The monoisotopic (exact) mass is 813 g/mol. The van der Waals surface area contributed by atoms with Gasteiger partial charge in [0.15, 0.2) is 5.82 Å². The number of anilines is 1. The molecule has 1 fully saturated rings. The Hall–Kier alpha value is -3.54. The summed E-state index contributed by atoms with van der Waals surface area (Å²) in [6.45, 7) is 1.66. The number of nitrogens with two attached hydrogens (primary N) is 1. The molecule has 0 aliphatic carbocycles. The summed E-state index contributed by atoms with van der Waals surface area (Å²) in [5.74, 6) is 0.121. The minimum atomic E-state index is -4.78. The van der Waals surface area contributed by atoms with E-state index in [1.54, 1.807) is 18.2 Å². The van der Waals surface area contributed by atoms with Crippen LogP contribution >= 0.6 is 7.82 Å². The molecule has 1 aliphatic heterocycles. The Labute approximate surface area is 335 Å². The second kappa shape index (κ2) is 24.4. The number of unbranched alkanes of at least 4 members (excludes halogenated alkanes) is 15. The van der Waals surface area contributed by atoms with Gasteiger partial charge in [-0.2, -0.15) is 15.6 Å². The molecular weight excluding hydrogens is 753 g/mol. The van der Waals surface area contributed by atoms with Crippen molar-refractivity contribution in [2.45, 2.75) is 146 Å². The zero-order valence-corrected chi connectivity index (χ0v) is 34.0. The van der Waals surface area contributed by atoms with Crippen LogP contribution in [0.4, 0.5) is 5.82 Å². The number of nitrogens with zero attached hydrogens (tertiary/aromatic N) is 6. The van der Waals surface area contributed by atoms with Crippen LogP contribution < -0.4 is 5.73 Å². The number of hydrogen-bond acceptors (Lipinski definition) is 14. The third-order valence-electron chi connectivity index (χ3n) is 10.1. The van der Waals surface area contributed by atoms with Crippen LogP contribution in [-0.2, 0) is 40.0 Å². The van der Waals surface area contributed by atoms with Crippen molar-refractivity contribution in [2.75, 3.05) is 32.2 Å². The maximum absolute atomic E-state index is 13.0. The highest BCUT2D eigenvalue weighted by molar-refractivity contribution is 7.47. The van der Waals surface area contributed by atoms with Crippen LogP contribution in [0.3, 0.4) is 0 Å². The third-order valence-corrected chi connectivity index (χ3v) is 11.1. The standard InChI is InChI=1S/C40H60N7O9P/c1-2-3-4-5-6-7-8-9-10-11-12-13-14-15-16-17-23-52-26-33(53-25-32-20-18-19-31(24-41)46-32)27-54-57(50,51)55-28-35-37(48)38(49)40(29-42,56-35)36-22-21-34-39(43)44-30-45-47(34)36/h18-22,30,33,35,37-38,48-49H,2-17,23,25-28H2,1H3,(H,50,51)(H2,43,44,45)/t33-,35-,37-,38-,40+/m1/s1. The Bertz CT molecular complexity index is 1770. The van der Waals surface area contributed by atoms with Gasteiger partial charge in [0.2, 0.25) is 5.60 Å². The van der Waals surface area contributed by atoms with Gasteiger partial charge in [0.25, 0.3) is 0 Å². The zero-order chi connectivity index (χ0) is 40.9. The molecule has 0 amide bonds. The maximum atomic E-state index is 13.0. The molecule has 16 nitrogen and oxygen atoms in total. The number of phosphoric ester groups is 1. The summed E-state index contributed by atoms with van der Waals surface area (Å²) in [4.78, 5) is 18.7. The lowest BCUT2D eigenvalue weighted by molar-refractivity contribution is -0.0692. The molecule has 0 spiro atoms. The lowest BCUT2D eigenvalue weighted by atomic mass is 9.92. The van der Waals surface area contributed by atoms with Crippen molar-refractivity contribution in [3.05, 3.63) is 53.7 Å². The number of ether oxygens (including phenoxy) is 3. The Kier molecular flexibility index (Phi) is 19.8. The van der Waals surface area contributed by atoms with Gasteiger partial charge < -0.3 is 35.1 Å². The first-order valence-corrected chi connectivity index (χ1v) is 21.8. The number of nitrogen functional groups attached to an aromatic ring is 1. The number of rotatable bonds is 29. The summed E-state index contributed by atoms with van der Waals surface area (Å²) >= 11 is 0. The summed E-state index contributed by atoms with van der Waals surface area (Å²) < 4.78 is 42.3. The second-order valence-corrected chi connectivity index (χ2v) is 16.1. The van der Waals surface area contributed by atoms with Crippen LogP contribution in [-0.4, -0.2) is 85.5 Å². The highest BCUT2D eigenvalue weighted by Gasteiger charge is 2.58. The number of aromatic nitrogens is 4. The lowest BCUT2D eigenvalue weighted by Gasteiger charge is -2.24. The fourth-order valence-corrected chi connectivity index (χ4v) is 7.63. The molecular formula is C40H60N7O9P. The molecule has 1 unspecified atom stereocenters. The van der Waals surface area contributed by atoms with Crippen molar-refractivity contribution in [2.24, 2.45) is 0 Å². The minimum Gasteiger partial charge on any atom is -0.387 e. The van der Waals surface area contributed by atoms with E-state index in [9.17, 15) is 30.2 Å². The van der Waals surface area contributed by atoms with Crippen LogP contribution in [0.15, 0.2) is 36.7 Å². The van der Waals surface area contributed by atoms with E-state index in [-0.39, 0.29) is 30.4 Å². The van der Waals surface area contributed by atoms with E-state index in [4.69, 9.17) is 29.0 Å². The molecule has 5 N–H and O–H groups in total. The van der Waals surface area contributed by atoms with Gasteiger partial charge in [-0.25, -0.2) is 19.0 Å². The summed E-state index contributed by atoms with van der Waals surface area (Å²) in [6, 6.07) is 11.8. The number of aliphatic hydroxyl groups excluding tert-OH is 2. The molecule has 0 radical (unpaired) electrons. The van der Waals surface area contributed by atoms with E-state index < -0.39 is 51.1 Å². The van der Waals surface area contributed by atoms with E-state index in [1.807, 2.05) is 12.1 Å². The maximum Gasteiger partial charge on any atom is 0.472 e. The number of pyridine rings is 1. The van der Waals surface area contributed by atoms with Gasteiger partial charge in [-0.3, -0.25) is 9.05 Å². The van der Waals surface area contributed by atoms with E-state index in [0.29, 0.717) is 17.8 Å². The first kappa shape index (κ1) is 46.2. The van der Waals surface area contributed by atoms with Crippen LogP contribution in [0.2, 0.25) is 0 Å². The molecule has 4 heterocycles. The molecule has 0 saturated carbocycles. The highest BCUT2D eigenvalue weighted by atomic mass is 31.2. The number of nitriles is 2. The van der Waals surface area contributed by atoms with E-state index >= 15 is 0 Å². The first-order chi connectivity index (χ1) is 27.6. The van der Waals surface area contributed by atoms with Crippen molar-refractivity contribution in [1.29, 1.82) is 10.5 Å². The lowest BCUT2D eigenvalue weighted by Crippen LogP contribution is -2.41. The first-order valence-electron chi connectivity index (χ1n) is 20.3. The van der Waals surface area contributed by atoms with Crippen LogP contribution in [0.5, 0.6) is 0 Å². The molecule has 57 heavy (non-hydrogen) atoms. The molecule has 1 aliphatic rings.